The zero-order valence-electron chi connectivity index (χ0n) is 15.3. The number of aromatic nitrogens is 2. The van der Waals surface area contributed by atoms with Crippen LogP contribution < -0.4 is 5.32 Å². The first-order valence-corrected chi connectivity index (χ1v) is 8.12. The van der Waals surface area contributed by atoms with Crippen LogP contribution in [0.15, 0.2) is 9.52 Å². The topological polar surface area (TPSA) is 92.9 Å². The number of carbonyl (C=O) groups excluding carboxylic acids is 1. The first-order chi connectivity index (χ1) is 11.3. The van der Waals surface area contributed by atoms with Crippen LogP contribution in [0, 0.1) is 11.8 Å². The molecule has 0 radical (unpaired) electrons. The van der Waals surface area contributed by atoms with E-state index >= 15 is 0 Å². The van der Waals surface area contributed by atoms with Gasteiger partial charge >= 0.3 is 5.97 Å². The molecule has 1 aliphatic heterocycles. The number of methoxy groups -OCH3 is 1. The Morgan fingerprint density at radius 3 is 2.71 bits per heavy atom. The molecule has 2 rings (SSSR count). The van der Waals surface area contributed by atoms with E-state index in [0.29, 0.717) is 24.8 Å². The second kappa shape index (κ2) is 7.19. The van der Waals surface area contributed by atoms with E-state index in [1.165, 1.54) is 7.11 Å². The summed E-state index contributed by atoms with van der Waals surface area (Å²) in [5, 5.41) is 7.22. The van der Waals surface area contributed by atoms with Crippen molar-refractivity contribution in [2.45, 2.75) is 39.7 Å². The quantitative estimate of drug-likeness (QED) is 0.503. The van der Waals surface area contributed by atoms with Crippen LogP contribution in [0.3, 0.4) is 0 Å². The van der Waals surface area contributed by atoms with Gasteiger partial charge in [0.1, 0.15) is 0 Å². The van der Waals surface area contributed by atoms with Gasteiger partial charge in [-0.3, -0.25) is 9.79 Å². The van der Waals surface area contributed by atoms with Gasteiger partial charge in [0.15, 0.2) is 11.8 Å². The number of likely N-dealkylation sites (tertiary alicyclic amines) is 1. The fourth-order valence-corrected chi connectivity index (χ4v) is 2.72. The number of nitrogens with zero attached hydrogens (tertiary/aromatic N) is 4. The molecule has 1 fully saturated rings. The van der Waals surface area contributed by atoms with Gasteiger partial charge in [0.05, 0.1) is 19.6 Å². The van der Waals surface area contributed by atoms with Crippen molar-refractivity contribution in [3.05, 3.63) is 11.7 Å². The Morgan fingerprint density at radius 2 is 2.17 bits per heavy atom. The second-order valence-corrected chi connectivity index (χ2v) is 7.18. The molecule has 1 N–H and O–H groups in total. The zero-order valence-corrected chi connectivity index (χ0v) is 15.3. The summed E-state index contributed by atoms with van der Waals surface area (Å²) in [5.41, 5.74) is -0.176. The van der Waals surface area contributed by atoms with Gasteiger partial charge < -0.3 is 19.5 Å². The Labute approximate surface area is 142 Å². The molecule has 1 saturated heterocycles. The molecule has 2 heterocycles. The third-order valence-corrected chi connectivity index (χ3v) is 4.14. The molecule has 8 heteroatoms. The van der Waals surface area contributed by atoms with E-state index in [4.69, 9.17) is 9.26 Å². The van der Waals surface area contributed by atoms with Gasteiger partial charge in [0.2, 0.25) is 5.89 Å². The van der Waals surface area contributed by atoms with Crippen molar-refractivity contribution in [1.29, 1.82) is 0 Å². The number of rotatable bonds is 3. The van der Waals surface area contributed by atoms with Crippen LogP contribution in [-0.2, 0) is 21.5 Å². The minimum absolute atomic E-state index is 0.133. The lowest BCUT2D eigenvalue weighted by atomic mass is 9.97. The van der Waals surface area contributed by atoms with Gasteiger partial charge in [-0.15, -0.1) is 0 Å². The van der Waals surface area contributed by atoms with Crippen molar-refractivity contribution in [3.8, 4) is 0 Å². The Balaban J connectivity index is 1.96. The van der Waals surface area contributed by atoms with Crippen molar-refractivity contribution in [3.63, 3.8) is 0 Å². The first kappa shape index (κ1) is 18.2. The van der Waals surface area contributed by atoms with Crippen LogP contribution in [0.1, 0.15) is 39.4 Å². The summed E-state index contributed by atoms with van der Waals surface area (Å²) in [6.45, 7) is 9.87. The first-order valence-electron chi connectivity index (χ1n) is 8.12. The molecule has 24 heavy (non-hydrogen) atoms. The molecule has 0 aliphatic carbocycles. The number of nitrogens with one attached hydrogen (secondary N) is 1. The standard InChI is InChI=1S/C16H27N5O3/c1-10-8-21(9-11(10)13(22)23-6)15(17-5)18-7-12-19-14(24-20-12)16(2,3)4/h10-11H,7-9H2,1-6H3,(H,17,18). The molecule has 0 amide bonds. The molecule has 1 aromatic rings. The predicted molar refractivity (Wildman–Crippen MR) is 89.4 cm³/mol. The third kappa shape index (κ3) is 4.04. The lowest BCUT2D eigenvalue weighted by Crippen LogP contribution is -2.40. The van der Waals surface area contributed by atoms with Gasteiger partial charge in [-0.1, -0.05) is 32.9 Å². The van der Waals surface area contributed by atoms with Crippen LogP contribution in [0.5, 0.6) is 0 Å². The number of hydrogen-bond acceptors (Lipinski definition) is 6. The number of aliphatic imine (C=N–C) groups is 1. The van der Waals surface area contributed by atoms with Gasteiger partial charge in [0.25, 0.3) is 0 Å². The predicted octanol–water partition coefficient (Wildman–Crippen LogP) is 1.18. The van der Waals surface area contributed by atoms with Crippen molar-refractivity contribution in [2.75, 3.05) is 27.2 Å². The van der Waals surface area contributed by atoms with Crippen LogP contribution in [-0.4, -0.2) is 54.2 Å². The number of ether oxygens (including phenoxy) is 1. The molecule has 134 valence electrons. The molecular weight excluding hydrogens is 310 g/mol. The summed E-state index contributed by atoms with van der Waals surface area (Å²) in [5.74, 6) is 1.82. The summed E-state index contributed by atoms with van der Waals surface area (Å²) in [7, 11) is 3.14. The molecule has 1 aromatic heterocycles. The fourth-order valence-electron chi connectivity index (χ4n) is 2.72. The summed E-state index contributed by atoms with van der Waals surface area (Å²) in [4.78, 5) is 22.6. The lowest BCUT2D eigenvalue weighted by Gasteiger charge is -2.20. The van der Waals surface area contributed by atoms with E-state index in [1.54, 1.807) is 7.05 Å². The smallest absolute Gasteiger partial charge is 0.310 e. The summed E-state index contributed by atoms with van der Waals surface area (Å²) in [6, 6.07) is 0. The van der Waals surface area contributed by atoms with Gasteiger partial charge in [0, 0.05) is 25.6 Å². The highest BCUT2D eigenvalue weighted by Gasteiger charge is 2.36. The summed E-state index contributed by atoms with van der Waals surface area (Å²) in [6.07, 6.45) is 0. The minimum atomic E-state index is -0.176. The highest BCUT2D eigenvalue weighted by molar-refractivity contribution is 5.82. The molecule has 8 nitrogen and oxygen atoms in total. The van der Waals surface area contributed by atoms with Crippen molar-refractivity contribution in [1.82, 2.24) is 20.4 Å². The average molecular weight is 337 g/mol. The lowest BCUT2D eigenvalue weighted by molar-refractivity contribution is -0.145. The Kier molecular flexibility index (Phi) is 5.46. The maximum absolute atomic E-state index is 11.8. The minimum Gasteiger partial charge on any atom is -0.469 e. The molecular formula is C16H27N5O3. The number of carbonyl (C=O) groups is 1. The van der Waals surface area contributed by atoms with E-state index < -0.39 is 0 Å². The number of guanidine groups is 1. The van der Waals surface area contributed by atoms with Crippen LogP contribution >= 0.6 is 0 Å². The van der Waals surface area contributed by atoms with E-state index in [0.717, 1.165) is 12.5 Å². The Morgan fingerprint density at radius 1 is 1.46 bits per heavy atom. The largest absolute Gasteiger partial charge is 0.469 e. The molecule has 0 bridgehead atoms. The molecule has 0 spiro atoms. The maximum Gasteiger partial charge on any atom is 0.310 e. The highest BCUT2D eigenvalue weighted by atomic mass is 16.5. The van der Waals surface area contributed by atoms with Crippen LogP contribution in [0.2, 0.25) is 0 Å². The number of esters is 1. The van der Waals surface area contributed by atoms with Gasteiger partial charge in [-0.05, 0) is 5.92 Å². The maximum atomic E-state index is 11.8. The highest BCUT2D eigenvalue weighted by Crippen LogP contribution is 2.24. The normalized spacial score (nSPS) is 21.9. The van der Waals surface area contributed by atoms with E-state index in [9.17, 15) is 4.79 Å². The summed E-state index contributed by atoms with van der Waals surface area (Å²) >= 11 is 0. The molecule has 1 aliphatic rings. The molecule has 2 unspecified atom stereocenters. The van der Waals surface area contributed by atoms with Crippen molar-refractivity contribution >= 4 is 11.9 Å². The van der Waals surface area contributed by atoms with Gasteiger partial charge in [-0.25, -0.2) is 0 Å². The molecule has 0 aromatic carbocycles. The molecule has 2 atom stereocenters. The Bertz CT molecular complexity index is 605. The van der Waals surface area contributed by atoms with Crippen molar-refractivity contribution < 1.29 is 14.1 Å². The van der Waals surface area contributed by atoms with E-state index in [-0.39, 0.29) is 23.2 Å². The fraction of sp³-hybridized carbons (Fsp3) is 0.750. The summed E-state index contributed by atoms with van der Waals surface area (Å²) < 4.78 is 10.2. The SMILES string of the molecule is CN=C(NCc1noc(C(C)(C)C)n1)N1CC(C)C(C(=O)OC)C1. The van der Waals surface area contributed by atoms with Crippen LogP contribution in [0.25, 0.3) is 0 Å². The second-order valence-electron chi connectivity index (χ2n) is 7.18. The van der Waals surface area contributed by atoms with E-state index in [2.05, 4.69) is 25.3 Å². The average Bonchev–Trinajstić information content (AvgIpc) is 3.14. The van der Waals surface area contributed by atoms with Crippen molar-refractivity contribution in [2.24, 2.45) is 16.8 Å². The third-order valence-electron chi connectivity index (χ3n) is 4.14. The van der Waals surface area contributed by atoms with E-state index in [1.807, 2.05) is 27.7 Å². The van der Waals surface area contributed by atoms with Crippen LogP contribution in [0.4, 0.5) is 0 Å². The Hall–Kier alpha value is -2.12. The molecule has 0 saturated carbocycles. The zero-order chi connectivity index (χ0) is 17.9. The monoisotopic (exact) mass is 337 g/mol. The number of hydrogen-bond donors (Lipinski definition) is 1. The van der Waals surface area contributed by atoms with Gasteiger partial charge in [-0.2, -0.15) is 4.98 Å².